The molecule has 0 bridgehead atoms. The molecule has 1 amide bonds. The van der Waals surface area contributed by atoms with Gasteiger partial charge >= 0.3 is 0 Å². The van der Waals surface area contributed by atoms with Crippen LogP contribution in [-0.2, 0) is 6.54 Å². The van der Waals surface area contributed by atoms with Crippen molar-refractivity contribution in [1.82, 2.24) is 15.2 Å². The van der Waals surface area contributed by atoms with E-state index in [1.54, 1.807) is 12.3 Å². The number of pyridine rings is 1. The lowest BCUT2D eigenvalue weighted by Gasteiger charge is -2.32. The molecule has 1 aliphatic heterocycles. The number of aromatic nitrogens is 1. The van der Waals surface area contributed by atoms with Gasteiger partial charge in [0, 0.05) is 25.3 Å². The van der Waals surface area contributed by atoms with Crippen molar-refractivity contribution >= 4 is 5.91 Å². The summed E-state index contributed by atoms with van der Waals surface area (Å²) in [4.78, 5) is 18.4. The summed E-state index contributed by atoms with van der Waals surface area (Å²) in [6.45, 7) is 2.25. The van der Waals surface area contributed by atoms with Crippen molar-refractivity contribution in [2.45, 2.75) is 31.8 Å². The highest BCUT2D eigenvalue weighted by Crippen LogP contribution is 2.14. The Balaban J connectivity index is 1.86. The van der Waals surface area contributed by atoms with Crippen molar-refractivity contribution in [3.8, 4) is 0 Å². The van der Waals surface area contributed by atoms with Crippen molar-refractivity contribution in [3.05, 3.63) is 29.6 Å². The highest BCUT2D eigenvalue weighted by molar-refractivity contribution is 5.92. The molecule has 0 radical (unpaired) electrons. The van der Waals surface area contributed by atoms with Crippen molar-refractivity contribution in [1.29, 1.82) is 0 Å². The molecule has 1 saturated heterocycles. The van der Waals surface area contributed by atoms with E-state index >= 15 is 0 Å². The van der Waals surface area contributed by atoms with Gasteiger partial charge in [-0.3, -0.25) is 9.78 Å². The minimum atomic E-state index is -0.109. The van der Waals surface area contributed by atoms with Crippen molar-refractivity contribution in [2.75, 3.05) is 20.1 Å². The van der Waals surface area contributed by atoms with Crippen LogP contribution in [0, 0.1) is 0 Å². The maximum atomic E-state index is 12.0. The number of hydrogen-bond donors (Lipinski definition) is 2. The first-order valence-electron chi connectivity index (χ1n) is 6.84. The molecule has 0 aromatic carbocycles. The number of nitrogens with one attached hydrogen (secondary N) is 1. The van der Waals surface area contributed by atoms with E-state index in [2.05, 4.69) is 22.2 Å². The number of likely N-dealkylation sites (N-methyl/N-ethyl adjacent to an activating group) is 1. The van der Waals surface area contributed by atoms with Gasteiger partial charge in [-0.1, -0.05) is 12.5 Å². The van der Waals surface area contributed by atoms with Gasteiger partial charge < -0.3 is 16.0 Å². The Bertz CT molecular complexity index is 418. The molecule has 2 rings (SSSR count). The van der Waals surface area contributed by atoms with Gasteiger partial charge in [0.2, 0.25) is 0 Å². The molecular formula is C14H22N4O. The quantitative estimate of drug-likeness (QED) is 0.840. The predicted molar refractivity (Wildman–Crippen MR) is 74.7 cm³/mol. The smallest absolute Gasteiger partial charge is 0.269 e. The molecule has 19 heavy (non-hydrogen) atoms. The number of carbonyl (C=O) groups excluding carboxylic acids is 1. The maximum absolute atomic E-state index is 12.0. The van der Waals surface area contributed by atoms with Gasteiger partial charge in [0.25, 0.3) is 5.91 Å². The highest BCUT2D eigenvalue weighted by atomic mass is 16.1. The van der Waals surface area contributed by atoms with Gasteiger partial charge in [-0.15, -0.1) is 0 Å². The molecule has 5 nitrogen and oxygen atoms in total. The number of piperidine rings is 1. The summed E-state index contributed by atoms with van der Waals surface area (Å²) < 4.78 is 0. The van der Waals surface area contributed by atoms with Crippen LogP contribution in [0.15, 0.2) is 18.3 Å². The maximum Gasteiger partial charge on any atom is 0.269 e. The zero-order valence-corrected chi connectivity index (χ0v) is 11.4. The summed E-state index contributed by atoms with van der Waals surface area (Å²) in [6, 6.07) is 4.01. The topological polar surface area (TPSA) is 71.2 Å². The Morgan fingerprint density at radius 3 is 3.00 bits per heavy atom. The van der Waals surface area contributed by atoms with Crippen molar-refractivity contribution in [2.24, 2.45) is 5.73 Å². The molecule has 3 N–H and O–H groups in total. The molecule has 0 spiro atoms. The minimum absolute atomic E-state index is 0.109. The Morgan fingerprint density at radius 1 is 1.53 bits per heavy atom. The fraction of sp³-hybridized carbons (Fsp3) is 0.571. The van der Waals surface area contributed by atoms with E-state index in [4.69, 9.17) is 5.73 Å². The zero-order valence-electron chi connectivity index (χ0n) is 11.4. The van der Waals surface area contributed by atoms with Crippen LogP contribution in [-0.4, -0.2) is 42.0 Å². The first-order chi connectivity index (χ1) is 9.20. The van der Waals surface area contributed by atoms with Gasteiger partial charge in [0.15, 0.2) is 0 Å². The van der Waals surface area contributed by atoms with Gasteiger partial charge in [-0.05, 0) is 38.1 Å². The molecule has 1 fully saturated rings. The molecule has 1 atom stereocenters. The van der Waals surface area contributed by atoms with E-state index < -0.39 is 0 Å². The molecule has 1 aromatic heterocycles. The summed E-state index contributed by atoms with van der Waals surface area (Å²) >= 11 is 0. The average Bonchev–Trinajstić information content (AvgIpc) is 2.46. The lowest BCUT2D eigenvalue weighted by Crippen LogP contribution is -2.44. The molecule has 1 aliphatic rings. The van der Waals surface area contributed by atoms with Crippen LogP contribution >= 0.6 is 0 Å². The number of hydrogen-bond acceptors (Lipinski definition) is 4. The second-order valence-corrected chi connectivity index (χ2v) is 5.10. The van der Waals surface area contributed by atoms with Crippen LogP contribution < -0.4 is 11.1 Å². The first-order valence-corrected chi connectivity index (χ1v) is 6.84. The number of nitrogens with two attached hydrogens (primary N) is 1. The second kappa shape index (κ2) is 6.63. The van der Waals surface area contributed by atoms with Gasteiger partial charge in [0.05, 0.1) is 0 Å². The molecule has 0 aliphatic carbocycles. The lowest BCUT2D eigenvalue weighted by atomic mass is 10.0. The van der Waals surface area contributed by atoms with E-state index in [1.165, 1.54) is 12.8 Å². The second-order valence-electron chi connectivity index (χ2n) is 5.10. The Hall–Kier alpha value is -1.46. The monoisotopic (exact) mass is 262 g/mol. The fourth-order valence-corrected chi connectivity index (χ4v) is 2.38. The van der Waals surface area contributed by atoms with Crippen LogP contribution in [0.25, 0.3) is 0 Å². The van der Waals surface area contributed by atoms with E-state index in [0.29, 0.717) is 24.8 Å². The van der Waals surface area contributed by atoms with Crippen LogP contribution in [0.1, 0.15) is 35.3 Å². The first kappa shape index (κ1) is 14.0. The highest BCUT2D eigenvalue weighted by Gasteiger charge is 2.19. The number of nitrogens with zero attached hydrogens (tertiary/aromatic N) is 2. The standard InChI is InChI=1S/C14H22N4O/c1-18-7-3-2-4-12(18)10-17-14(19)13-6-5-11(8-15)9-16-13/h5-6,9,12H,2-4,7-8,10,15H2,1H3,(H,17,19). The molecule has 0 saturated carbocycles. The molecule has 104 valence electrons. The van der Waals surface area contributed by atoms with Gasteiger partial charge in [-0.2, -0.15) is 0 Å². The largest absolute Gasteiger partial charge is 0.349 e. The number of carbonyl (C=O) groups is 1. The fourth-order valence-electron chi connectivity index (χ4n) is 2.38. The van der Waals surface area contributed by atoms with Crippen molar-refractivity contribution in [3.63, 3.8) is 0 Å². The van der Waals surface area contributed by atoms with E-state index in [-0.39, 0.29) is 5.91 Å². The molecule has 1 aromatic rings. The molecule has 1 unspecified atom stereocenters. The third-order valence-electron chi connectivity index (χ3n) is 3.71. The van der Waals surface area contributed by atoms with Crippen LogP contribution in [0.5, 0.6) is 0 Å². The van der Waals surface area contributed by atoms with Crippen LogP contribution in [0.3, 0.4) is 0 Å². The van der Waals surface area contributed by atoms with Gasteiger partial charge in [0.1, 0.15) is 5.69 Å². The predicted octanol–water partition coefficient (Wildman–Crippen LogP) is 0.754. The summed E-state index contributed by atoms with van der Waals surface area (Å²) in [5.74, 6) is -0.109. The van der Waals surface area contributed by atoms with Crippen LogP contribution in [0.2, 0.25) is 0 Å². The van der Waals surface area contributed by atoms with E-state index in [0.717, 1.165) is 18.5 Å². The zero-order chi connectivity index (χ0) is 13.7. The number of likely N-dealkylation sites (tertiary alicyclic amines) is 1. The molecule has 2 heterocycles. The normalized spacial score (nSPS) is 20.2. The molecule has 5 heteroatoms. The Kier molecular flexibility index (Phi) is 4.87. The number of amides is 1. The summed E-state index contributed by atoms with van der Waals surface area (Å²) in [7, 11) is 2.12. The van der Waals surface area contributed by atoms with E-state index in [9.17, 15) is 4.79 Å². The third kappa shape index (κ3) is 3.75. The summed E-state index contributed by atoms with van der Waals surface area (Å²) in [5.41, 5.74) is 6.89. The molecular weight excluding hydrogens is 240 g/mol. The number of rotatable bonds is 4. The van der Waals surface area contributed by atoms with E-state index in [1.807, 2.05) is 6.07 Å². The SMILES string of the molecule is CN1CCCCC1CNC(=O)c1ccc(CN)cn1. The lowest BCUT2D eigenvalue weighted by molar-refractivity contribution is 0.0923. The minimum Gasteiger partial charge on any atom is -0.349 e. The summed E-state index contributed by atoms with van der Waals surface area (Å²) in [5, 5.41) is 2.96. The van der Waals surface area contributed by atoms with Crippen molar-refractivity contribution < 1.29 is 4.79 Å². The Labute approximate surface area is 114 Å². The average molecular weight is 262 g/mol. The summed E-state index contributed by atoms with van der Waals surface area (Å²) in [6.07, 6.45) is 5.30. The van der Waals surface area contributed by atoms with Gasteiger partial charge in [-0.25, -0.2) is 0 Å². The Morgan fingerprint density at radius 2 is 2.37 bits per heavy atom. The van der Waals surface area contributed by atoms with Crippen LogP contribution in [0.4, 0.5) is 0 Å². The third-order valence-corrected chi connectivity index (χ3v) is 3.71.